The van der Waals surface area contributed by atoms with Crippen LogP contribution in [0.3, 0.4) is 0 Å². The number of carboxylic acid groups (broad SMARTS) is 1. The second-order valence-corrected chi connectivity index (χ2v) is 17.0. The van der Waals surface area contributed by atoms with E-state index in [0.29, 0.717) is 41.9 Å². The molecule has 9 heteroatoms. The Hall–Kier alpha value is -1.52. The highest BCUT2D eigenvalue weighted by Crippen LogP contribution is 2.75. The van der Waals surface area contributed by atoms with E-state index in [9.17, 15) is 35.1 Å². The Morgan fingerprint density at radius 2 is 1.51 bits per heavy atom. The lowest BCUT2D eigenvalue weighted by molar-refractivity contribution is -0.233. The molecule has 0 bridgehead atoms. The van der Waals surface area contributed by atoms with Crippen LogP contribution in [-0.2, 0) is 14.3 Å². The molecular weight excluding hydrogens is 576 g/mol. The summed E-state index contributed by atoms with van der Waals surface area (Å²) in [5, 5.41) is 60.3. The third-order valence-corrected chi connectivity index (χ3v) is 15.2. The van der Waals surface area contributed by atoms with Gasteiger partial charge in [-0.1, -0.05) is 53.2 Å². The molecule has 0 heterocycles. The predicted octanol–water partition coefficient (Wildman–Crippen LogP) is 4.08. The minimum Gasteiger partial charge on any atom is -0.481 e. The van der Waals surface area contributed by atoms with Crippen LogP contribution in [0.15, 0.2) is 11.6 Å². The maximum absolute atomic E-state index is 13.2. The quantitative estimate of drug-likeness (QED) is 0.179. The first-order valence-electron chi connectivity index (χ1n) is 17.3. The van der Waals surface area contributed by atoms with Crippen LogP contribution in [0.5, 0.6) is 0 Å². The summed E-state index contributed by atoms with van der Waals surface area (Å²) in [6.07, 6.45) is 1.80. The number of hydrogen-bond acceptors (Lipinski definition) is 8. The average Bonchev–Trinajstić information content (AvgIpc) is 2.99. The molecule has 0 aliphatic heterocycles. The molecule has 9 nitrogen and oxygen atoms in total. The minimum absolute atomic E-state index is 0.0552. The highest BCUT2D eigenvalue weighted by Gasteiger charge is 2.71. The summed E-state index contributed by atoms with van der Waals surface area (Å²) < 4.78 is 5.68. The van der Waals surface area contributed by atoms with Gasteiger partial charge in [-0.05, 0) is 116 Å². The molecular formula is C36H58O9. The number of carbonyl (C=O) groups is 2. The van der Waals surface area contributed by atoms with E-state index in [1.54, 1.807) is 12.5 Å². The van der Waals surface area contributed by atoms with Crippen molar-refractivity contribution in [3.05, 3.63) is 11.6 Å². The monoisotopic (exact) mass is 634 g/mol. The fourth-order valence-corrected chi connectivity index (χ4v) is 11.9. The number of aliphatic carboxylic acids is 1. The van der Waals surface area contributed by atoms with Crippen molar-refractivity contribution in [2.75, 3.05) is 6.61 Å². The van der Waals surface area contributed by atoms with E-state index in [1.807, 2.05) is 0 Å². The number of aliphatic hydroxyl groups excluding tert-OH is 5. The summed E-state index contributed by atoms with van der Waals surface area (Å²) >= 11 is 0. The fourth-order valence-electron chi connectivity index (χ4n) is 11.9. The summed E-state index contributed by atoms with van der Waals surface area (Å²) in [6, 6.07) is 0. The van der Waals surface area contributed by atoms with E-state index in [-0.39, 0.29) is 28.6 Å². The molecule has 0 aromatic rings. The summed E-state index contributed by atoms with van der Waals surface area (Å²) in [5.41, 5.74) is 0.109. The molecule has 0 aromatic heterocycles. The zero-order chi connectivity index (χ0) is 33.5. The molecule has 0 aromatic carbocycles. The maximum atomic E-state index is 13.2. The molecule has 45 heavy (non-hydrogen) atoms. The van der Waals surface area contributed by atoms with Crippen molar-refractivity contribution < 1.29 is 45.0 Å². The van der Waals surface area contributed by atoms with Crippen LogP contribution in [-0.4, -0.2) is 79.7 Å². The predicted molar refractivity (Wildman–Crippen MR) is 168 cm³/mol. The first-order valence-corrected chi connectivity index (χ1v) is 17.3. The standard InChI is InChI=1S/C36H58O9/c1-19-10-13-32(3)16-17-33(4)21(26(32)20(19)2)11-14-34(5)23(33)8-9-24-35(34,6)15-12-25(36(24,7)31(43)44)45-30(42)29(41)28(40)27(39)22(38)18-37/h11,19-20,22-29,37-41H,8-10,12-18H2,1-7H3,(H,43,44)/t19?,20?,22-,23?,24?,25?,26?,27-,28+,29+,32?,33?,34?,35?,36?/m1/s1. The van der Waals surface area contributed by atoms with Gasteiger partial charge >= 0.3 is 11.9 Å². The summed E-state index contributed by atoms with van der Waals surface area (Å²) in [5.74, 6) is -0.285. The van der Waals surface area contributed by atoms with Gasteiger partial charge < -0.3 is 35.4 Å². The number of carbonyl (C=O) groups excluding carboxylic acids is 1. The van der Waals surface area contributed by atoms with Crippen molar-refractivity contribution >= 4 is 11.9 Å². The van der Waals surface area contributed by atoms with Crippen LogP contribution < -0.4 is 0 Å². The molecule has 256 valence electrons. The summed E-state index contributed by atoms with van der Waals surface area (Å²) in [4.78, 5) is 26.2. The van der Waals surface area contributed by atoms with E-state index in [4.69, 9.17) is 9.84 Å². The summed E-state index contributed by atoms with van der Waals surface area (Å²) in [7, 11) is 0. The van der Waals surface area contributed by atoms with Gasteiger partial charge in [0.15, 0.2) is 6.10 Å². The number of carboxylic acids is 1. The molecule has 0 saturated heterocycles. The largest absolute Gasteiger partial charge is 0.481 e. The Bertz CT molecular complexity index is 1200. The maximum Gasteiger partial charge on any atom is 0.338 e. The average molecular weight is 635 g/mol. The third-order valence-electron chi connectivity index (χ3n) is 15.2. The number of hydrogen-bond donors (Lipinski definition) is 6. The highest BCUT2D eigenvalue weighted by atomic mass is 16.6. The Balaban J connectivity index is 1.45. The van der Waals surface area contributed by atoms with Gasteiger partial charge in [0.1, 0.15) is 29.8 Å². The zero-order valence-corrected chi connectivity index (χ0v) is 28.3. The van der Waals surface area contributed by atoms with Crippen LogP contribution in [0.25, 0.3) is 0 Å². The van der Waals surface area contributed by atoms with Crippen molar-refractivity contribution in [3.8, 4) is 0 Å². The van der Waals surface area contributed by atoms with Gasteiger partial charge in [0, 0.05) is 0 Å². The Labute approximate surface area is 268 Å². The molecule has 4 saturated carbocycles. The van der Waals surface area contributed by atoms with Crippen LogP contribution in [0.1, 0.15) is 106 Å². The minimum atomic E-state index is -2.22. The van der Waals surface area contributed by atoms with Crippen molar-refractivity contribution in [3.63, 3.8) is 0 Å². The lowest BCUT2D eigenvalue weighted by Gasteiger charge is -2.71. The molecule has 6 N–H and O–H groups in total. The first-order chi connectivity index (χ1) is 20.8. The normalized spacial score (nSPS) is 48.7. The van der Waals surface area contributed by atoms with Crippen molar-refractivity contribution in [2.24, 2.45) is 56.7 Å². The van der Waals surface area contributed by atoms with Crippen LogP contribution >= 0.6 is 0 Å². The molecule has 15 atom stereocenters. The van der Waals surface area contributed by atoms with Crippen LogP contribution in [0.2, 0.25) is 0 Å². The molecule has 5 aliphatic rings. The number of esters is 1. The summed E-state index contributed by atoms with van der Waals surface area (Å²) in [6.45, 7) is 15.3. The van der Waals surface area contributed by atoms with Crippen molar-refractivity contribution in [2.45, 2.75) is 137 Å². The molecule has 0 radical (unpaired) electrons. The Morgan fingerprint density at radius 1 is 0.867 bits per heavy atom. The van der Waals surface area contributed by atoms with Gasteiger partial charge in [0.25, 0.3) is 0 Å². The fraction of sp³-hybridized carbons (Fsp3) is 0.889. The molecule has 4 fully saturated rings. The van der Waals surface area contributed by atoms with E-state index in [1.165, 1.54) is 19.3 Å². The van der Waals surface area contributed by atoms with Gasteiger partial charge in [0.2, 0.25) is 0 Å². The molecule has 11 unspecified atom stereocenters. The van der Waals surface area contributed by atoms with Gasteiger partial charge in [-0.2, -0.15) is 0 Å². The van der Waals surface area contributed by atoms with E-state index in [2.05, 4.69) is 47.6 Å². The van der Waals surface area contributed by atoms with Crippen LogP contribution in [0, 0.1) is 56.7 Å². The highest BCUT2D eigenvalue weighted by molar-refractivity contribution is 5.79. The molecule has 0 amide bonds. The number of fused-ring (bicyclic) bond motifs is 7. The second kappa shape index (κ2) is 11.6. The van der Waals surface area contributed by atoms with Crippen LogP contribution in [0.4, 0.5) is 0 Å². The van der Waals surface area contributed by atoms with Gasteiger partial charge in [-0.3, -0.25) is 4.79 Å². The first kappa shape index (κ1) is 34.8. The number of ether oxygens (including phenoxy) is 1. The van der Waals surface area contributed by atoms with Gasteiger partial charge in [0.05, 0.1) is 6.61 Å². The zero-order valence-electron chi connectivity index (χ0n) is 28.3. The number of rotatable bonds is 7. The lowest BCUT2D eigenvalue weighted by Crippen LogP contribution is -2.67. The van der Waals surface area contributed by atoms with Gasteiger partial charge in [-0.25, -0.2) is 4.79 Å². The van der Waals surface area contributed by atoms with E-state index in [0.717, 1.165) is 19.3 Å². The van der Waals surface area contributed by atoms with E-state index < -0.39 is 54.5 Å². The second-order valence-electron chi connectivity index (χ2n) is 17.0. The van der Waals surface area contributed by atoms with E-state index >= 15 is 0 Å². The smallest absolute Gasteiger partial charge is 0.338 e. The molecule has 5 rings (SSSR count). The Morgan fingerprint density at radius 3 is 2.13 bits per heavy atom. The Kier molecular flexibility index (Phi) is 8.95. The lowest BCUT2D eigenvalue weighted by atomic mass is 9.33. The molecule has 0 spiro atoms. The topological polar surface area (TPSA) is 165 Å². The van der Waals surface area contributed by atoms with Gasteiger partial charge in [-0.15, -0.1) is 0 Å². The number of allylic oxidation sites excluding steroid dienone is 2. The number of aliphatic hydroxyl groups is 5. The van der Waals surface area contributed by atoms with Crippen molar-refractivity contribution in [1.29, 1.82) is 0 Å². The SMILES string of the molecule is CC1CCC2(C)CCC3(C)C(=CCC4(C)C3CCC3C(C)(C(=O)O)C(OC(=O)[C@@H](O)[C@@H](O)[C@H](O)[C@H](O)CO)CCC34C)C2C1C. The molecule has 5 aliphatic carbocycles. The third kappa shape index (κ3) is 4.88. The van der Waals surface area contributed by atoms with Crippen molar-refractivity contribution in [1.82, 2.24) is 0 Å².